The number of carbonyl (C=O) groups excluding carboxylic acids is 2. The van der Waals surface area contributed by atoms with Crippen LogP contribution in [0.2, 0.25) is 0 Å². The maximum atomic E-state index is 12.6. The monoisotopic (exact) mass is 327 g/mol. The van der Waals surface area contributed by atoms with E-state index in [0.717, 1.165) is 4.90 Å². The van der Waals surface area contributed by atoms with Gasteiger partial charge < -0.3 is 4.74 Å². The molecule has 0 radical (unpaired) electrons. The Kier molecular flexibility index (Phi) is 4.39. The third-order valence-electron chi connectivity index (χ3n) is 3.74. The van der Waals surface area contributed by atoms with Gasteiger partial charge in [-0.05, 0) is 43.3 Å². The molecule has 1 aliphatic rings. The molecule has 2 amide bonds. The highest BCUT2D eigenvalue weighted by molar-refractivity contribution is 8.00. The molecular formula is C18H17NO3S. The fourth-order valence-electron chi connectivity index (χ4n) is 2.48. The molecule has 0 N–H and O–H groups in total. The number of nitrogens with zero attached hydrogens (tertiary/aromatic N) is 1. The number of imide groups is 1. The van der Waals surface area contributed by atoms with Crippen LogP contribution in [0.3, 0.4) is 0 Å². The summed E-state index contributed by atoms with van der Waals surface area (Å²) >= 11 is 1.44. The second kappa shape index (κ2) is 6.46. The largest absolute Gasteiger partial charge is 0.497 e. The third kappa shape index (κ3) is 3.24. The molecule has 3 rings (SSSR count). The van der Waals surface area contributed by atoms with E-state index in [4.69, 9.17) is 4.74 Å². The highest BCUT2D eigenvalue weighted by Crippen LogP contribution is 2.34. The van der Waals surface area contributed by atoms with Crippen LogP contribution in [0, 0.1) is 6.92 Å². The Labute approximate surface area is 139 Å². The minimum atomic E-state index is -0.368. The first kappa shape index (κ1) is 15.6. The maximum Gasteiger partial charge on any atom is 0.247 e. The number of aryl methyl sites for hydroxylation is 1. The normalized spacial score (nSPS) is 17.7. The number of carbonyl (C=O) groups is 2. The van der Waals surface area contributed by atoms with Crippen LogP contribution in [0.4, 0.5) is 5.69 Å². The summed E-state index contributed by atoms with van der Waals surface area (Å²) in [7, 11) is 1.58. The van der Waals surface area contributed by atoms with E-state index in [-0.39, 0.29) is 23.5 Å². The summed E-state index contributed by atoms with van der Waals surface area (Å²) in [6, 6.07) is 14.9. The van der Waals surface area contributed by atoms with Gasteiger partial charge in [-0.15, -0.1) is 11.8 Å². The van der Waals surface area contributed by atoms with Crippen molar-refractivity contribution in [3.8, 4) is 5.75 Å². The molecule has 0 aromatic heterocycles. The fraction of sp³-hybridized carbons (Fsp3) is 0.222. The summed E-state index contributed by atoms with van der Waals surface area (Å²) < 4.78 is 5.10. The van der Waals surface area contributed by atoms with Crippen molar-refractivity contribution < 1.29 is 14.3 Å². The molecule has 5 heteroatoms. The molecular weight excluding hydrogens is 310 g/mol. The Morgan fingerprint density at radius 1 is 1.04 bits per heavy atom. The van der Waals surface area contributed by atoms with E-state index in [0.29, 0.717) is 11.4 Å². The Hall–Kier alpha value is -2.27. The molecule has 1 heterocycles. The van der Waals surface area contributed by atoms with Gasteiger partial charge in [0.25, 0.3) is 0 Å². The number of ether oxygens (including phenoxy) is 1. The van der Waals surface area contributed by atoms with Crippen LogP contribution in [0.15, 0.2) is 53.4 Å². The topological polar surface area (TPSA) is 46.6 Å². The number of hydrogen-bond acceptors (Lipinski definition) is 4. The van der Waals surface area contributed by atoms with E-state index in [9.17, 15) is 9.59 Å². The number of benzene rings is 2. The zero-order valence-corrected chi connectivity index (χ0v) is 13.8. The molecule has 4 nitrogen and oxygen atoms in total. The number of anilines is 1. The van der Waals surface area contributed by atoms with Crippen molar-refractivity contribution in [3.05, 3.63) is 54.1 Å². The molecule has 1 fully saturated rings. The van der Waals surface area contributed by atoms with Crippen LogP contribution in [0.1, 0.15) is 12.0 Å². The Bertz CT molecular complexity index is 725. The molecule has 0 unspecified atom stereocenters. The lowest BCUT2D eigenvalue weighted by Gasteiger charge is -2.15. The van der Waals surface area contributed by atoms with Crippen molar-refractivity contribution in [3.63, 3.8) is 0 Å². The minimum absolute atomic E-state index is 0.161. The van der Waals surface area contributed by atoms with Crippen LogP contribution in [-0.2, 0) is 9.59 Å². The number of rotatable bonds is 4. The zero-order chi connectivity index (χ0) is 16.4. The van der Waals surface area contributed by atoms with Gasteiger partial charge in [0.15, 0.2) is 0 Å². The van der Waals surface area contributed by atoms with E-state index in [2.05, 4.69) is 0 Å². The summed E-state index contributed by atoms with van der Waals surface area (Å²) in [6.45, 7) is 2.02. The first-order chi connectivity index (χ1) is 11.1. The van der Waals surface area contributed by atoms with Gasteiger partial charge in [-0.1, -0.05) is 17.7 Å². The van der Waals surface area contributed by atoms with Gasteiger partial charge in [0.05, 0.1) is 18.0 Å². The van der Waals surface area contributed by atoms with E-state index in [1.165, 1.54) is 22.2 Å². The molecule has 118 valence electrons. The smallest absolute Gasteiger partial charge is 0.247 e. The van der Waals surface area contributed by atoms with Crippen molar-refractivity contribution >= 4 is 29.3 Å². The van der Waals surface area contributed by atoms with Crippen LogP contribution in [0.5, 0.6) is 5.75 Å². The Morgan fingerprint density at radius 2 is 1.70 bits per heavy atom. The van der Waals surface area contributed by atoms with Gasteiger partial charge in [-0.2, -0.15) is 0 Å². The standard InChI is InChI=1S/C18H17NO3S/c1-12-3-9-15(10-4-12)23-16-11-17(20)19(18(16)21)13-5-7-14(22-2)8-6-13/h3-10,16H,11H2,1-2H3/t16-/m1/s1. The van der Waals surface area contributed by atoms with E-state index < -0.39 is 0 Å². The highest BCUT2D eigenvalue weighted by Gasteiger charge is 2.40. The molecule has 0 aliphatic carbocycles. The number of amides is 2. The quantitative estimate of drug-likeness (QED) is 0.807. The summed E-state index contributed by atoms with van der Waals surface area (Å²) in [5.41, 5.74) is 1.76. The molecule has 1 aliphatic heterocycles. The Morgan fingerprint density at radius 3 is 2.30 bits per heavy atom. The van der Waals surface area contributed by atoms with Crippen molar-refractivity contribution in [2.24, 2.45) is 0 Å². The number of methoxy groups -OCH3 is 1. The van der Waals surface area contributed by atoms with E-state index in [1.807, 2.05) is 31.2 Å². The van der Waals surface area contributed by atoms with Crippen molar-refractivity contribution in [1.82, 2.24) is 0 Å². The molecule has 1 saturated heterocycles. The van der Waals surface area contributed by atoms with Crippen LogP contribution < -0.4 is 9.64 Å². The first-order valence-electron chi connectivity index (χ1n) is 7.32. The van der Waals surface area contributed by atoms with Gasteiger partial charge in [0.2, 0.25) is 11.8 Å². The van der Waals surface area contributed by atoms with Gasteiger partial charge in [-0.25, -0.2) is 4.90 Å². The summed E-state index contributed by atoms with van der Waals surface area (Å²) in [5, 5.41) is -0.368. The zero-order valence-electron chi connectivity index (χ0n) is 13.0. The van der Waals surface area contributed by atoms with Gasteiger partial charge in [0, 0.05) is 11.3 Å². The second-order valence-electron chi connectivity index (χ2n) is 5.39. The lowest BCUT2D eigenvalue weighted by atomic mass is 10.2. The molecule has 0 spiro atoms. The average Bonchev–Trinajstić information content (AvgIpc) is 2.84. The van der Waals surface area contributed by atoms with E-state index >= 15 is 0 Å². The van der Waals surface area contributed by atoms with Crippen molar-refractivity contribution in [2.45, 2.75) is 23.5 Å². The van der Waals surface area contributed by atoms with Crippen LogP contribution in [-0.4, -0.2) is 24.2 Å². The summed E-state index contributed by atoms with van der Waals surface area (Å²) in [5.74, 6) is 0.369. The maximum absolute atomic E-state index is 12.6. The number of hydrogen-bond donors (Lipinski definition) is 0. The molecule has 2 aromatic carbocycles. The Balaban J connectivity index is 1.77. The van der Waals surface area contributed by atoms with Crippen molar-refractivity contribution in [2.75, 3.05) is 12.0 Å². The lowest BCUT2D eigenvalue weighted by Crippen LogP contribution is -2.31. The van der Waals surface area contributed by atoms with E-state index in [1.54, 1.807) is 31.4 Å². The number of thioether (sulfide) groups is 1. The predicted octanol–water partition coefficient (Wildman–Crippen LogP) is 3.43. The third-order valence-corrected chi connectivity index (χ3v) is 4.93. The fourth-order valence-corrected chi connectivity index (χ4v) is 3.53. The average molecular weight is 327 g/mol. The SMILES string of the molecule is COc1ccc(N2C(=O)C[C@@H](Sc3ccc(C)cc3)C2=O)cc1. The highest BCUT2D eigenvalue weighted by atomic mass is 32.2. The van der Waals surface area contributed by atoms with Gasteiger partial charge >= 0.3 is 0 Å². The molecule has 0 bridgehead atoms. The molecule has 23 heavy (non-hydrogen) atoms. The second-order valence-corrected chi connectivity index (χ2v) is 6.67. The first-order valence-corrected chi connectivity index (χ1v) is 8.20. The lowest BCUT2D eigenvalue weighted by molar-refractivity contribution is -0.121. The molecule has 1 atom stereocenters. The van der Waals surface area contributed by atoms with Gasteiger partial charge in [-0.3, -0.25) is 9.59 Å². The van der Waals surface area contributed by atoms with Crippen LogP contribution in [0.25, 0.3) is 0 Å². The molecule has 0 saturated carbocycles. The summed E-state index contributed by atoms with van der Waals surface area (Å²) in [4.78, 5) is 27.1. The summed E-state index contributed by atoms with van der Waals surface area (Å²) in [6.07, 6.45) is 0.226. The minimum Gasteiger partial charge on any atom is -0.497 e. The van der Waals surface area contributed by atoms with Crippen molar-refractivity contribution in [1.29, 1.82) is 0 Å². The van der Waals surface area contributed by atoms with Gasteiger partial charge in [0.1, 0.15) is 5.75 Å². The molecule has 2 aromatic rings. The van der Waals surface area contributed by atoms with Crippen LogP contribution >= 0.6 is 11.8 Å². The predicted molar refractivity (Wildman–Crippen MR) is 90.9 cm³/mol.